The molecule has 4 nitrogen and oxygen atoms in total. The third kappa shape index (κ3) is 5.14. The van der Waals surface area contributed by atoms with E-state index in [1.165, 1.54) is 5.56 Å². The average Bonchev–Trinajstić information content (AvgIpc) is 3.03. The van der Waals surface area contributed by atoms with Crippen molar-refractivity contribution in [2.45, 2.75) is 19.9 Å². The Morgan fingerprint density at radius 1 is 0.935 bits per heavy atom. The van der Waals surface area contributed by atoms with Gasteiger partial charge in [0.25, 0.3) is 0 Å². The lowest BCUT2D eigenvalue weighted by atomic mass is 10.1. The number of para-hydroxylation sites is 1. The molecule has 31 heavy (non-hydrogen) atoms. The molecular weight excluding hydrogens is 518 g/mol. The van der Waals surface area contributed by atoms with E-state index in [4.69, 9.17) is 0 Å². The molecule has 1 amide bonds. The molecule has 0 saturated heterocycles. The van der Waals surface area contributed by atoms with E-state index in [0.717, 1.165) is 43.2 Å². The summed E-state index contributed by atoms with van der Waals surface area (Å²) in [5.74, 6) is -0.144. The van der Waals surface area contributed by atoms with Crippen LogP contribution in [0.2, 0.25) is 0 Å². The lowest BCUT2D eigenvalue weighted by molar-refractivity contribution is -0.120. The molecule has 0 unspecified atom stereocenters. The van der Waals surface area contributed by atoms with Gasteiger partial charge in [0.15, 0.2) is 0 Å². The minimum absolute atomic E-state index is 0.144. The molecule has 0 fully saturated rings. The fraction of sp³-hybridized carbons (Fsp3) is 0.120. The molecule has 4 rings (SSSR count). The van der Waals surface area contributed by atoms with Crippen molar-refractivity contribution in [3.8, 4) is 0 Å². The van der Waals surface area contributed by atoms with Crippen LogP contribution in [0.1, 0.15) is 22.4 Å². The Morgan fingerprint density at radius 3 is 2.23 bits per heavy atom. The van der Waals surface area contributed by atoms with Gasteiger partial charge in [-0.2, -0.15) is 5.10 Å². The molecule has 0 aliphatic rings. The Kier molecular flexibility index (Phi) is 6.68. The number of benzene rings is 3. The first-order valence-corrected chi connectivity index (χ1v) is 11.5. The third-order valence-electron chi connectivity index (χ3n) is 5.19. The Bertz CT molecular complexity index is 1240. The number of amides is 1. The van der Waals surface area contributed by atoms with Crippen molar-refractivity contribution in [3.05, 3.63) is 104 Å². The van der Waals surface area contributed by atoms with E-state index in [-0.39, 0.29) is 12.3 Å². The van der Waals surface area contributed by atoms with E-state index < -0.39 is 0 Å². The van der Waals surface area contributed by atoms with Crippen molar-refractivity contribution in [1.29, 1.82) is 0 Å². The summed E-state index contributed by atoms with van der Waals surface area (Å²) in [6, 6.07) is 24.3. The van der Waals surface area contributed by atoms with Gasteiger partial charge in [0, 0.05) is 37.7 Å². The maximum absolute atomic E-state index is 12.3. The molecule has 4 aromatic rings. The van der Waals surface area contributed by atoms with Crippen LogP contribution in [0.5, 0.6) is 0 Å². The molecule has 3 aromatic carbocycles. The summed E-state index contributed by atoms with van der Waals surface area (Å²) < 4.78 is 4.34. The van der Waals surface area contributed by atoms with E-state index >= 15 is 0 Å². The van der Waals surface area contributed by atoms with Gasteiger partial charge in [0.1, 0.15) is 0 Å². The van der Waals surface area contributed by atoms with E-state index in [0.29, 0.717) is 0 Å². The van der Waals surface area contributed by atoms with Crippen LogP contribution in [0.25, 0.3) is 10.9 Å². The predicted molar refractivity (Wildman–Crippen MR) is 134 cm³/mol. The highest BCUT2D eigenvalue weighted by atomic mass is 79.9. The third-order valence-corrected chi connectivity index (χ3v) is 6.25. The largest absolute Gasteiger partial charge is 0.340 e. The first-order chi connectivity index (χ1) is 15.0. The summed E-state index contributed by atoms with van der Waals surface area (Å²) in [5.41, 5.74) is 8.08. The maximum atomic E-state index is 12.3. The number of carbonyl (C=O) groups excluding carboxylic acids is 1. The first kappa shape index (κ1) is 21.5. The number of hydrogen-bond donors (Lipinski definition) is 1. The molecule has 1 aromatic heterocycles. The fourth-order valence-electron chi connectivity index (χ4n) is 3.59. The van der Waals surface area contributed by atoms with Crippen molar-refractivity contribution in [3.63, 3.8) is 0 Å². The fourth-order valence-corrected chi connectivity index (χ4v) is 4.12. The highest BCUT2D eigenvalue weighted by Gasteiger charge is 2.13. The molecule has 0 bridgehead atoms. The Morgan fingerprint density at radius 2 is 1.55 bits per heavy atom. The molecule has 156 valence electrons. The van der Waals surface area contributed by atoms with Gasteiger partial charge in [-0.05, 0) is 48.4 Å². The summed E-state index contributed by atoms with van der Waals surface area (Å²) >= 11 is 6.90. The molecule has 6 heteroatoms. The van der Waals surface area contributed by atoms with Crippen LogP contribution in [0.15, 0.2) is 86.8 Å². The van der Waals surface area contributed by atoms with Gasteiger partial charge in [-0.3, -0.25) is 4.79 Å². The van der Waals surface area contributed by atoms with Crippen molar-refractivity contribution in [2.75, 3.05) is 0 Å². The van der Waals surface area contributed by atoms with Gasteiger partial charge in [0.05, 0.1) is 12.6 Å². The minimum Gasteiger partial charge on any atom is -0.340 e. The number of hydrogen-bond acceptors (Lipinski definition) is 2. The van der Waals surface area contributed by atoms with Gasteiger partial charge >= 0.3 is 0 Å². The number of rotatable bonds is 6. The Labute approximate surface area is 198 Å². The smallest absolute Gasteiger partial charge is 0.244 e. The van der Waals surface area contributed by atoms with Crippen LogP contribution in [0.4, 0.5) is 0 Å². The van der Waals surface area contributed by atoms with Crippen LogP contribution >= 0.6 is 31.9 Å². The lowest BCUT2D eigenvalue weighted by Crippen LogP contribution is -2.19. The normalized spacial score (nSPS) is 11.3. The van der Waals surface area contributed by atoms with Crippen LogP contribution < -0.4 is 5.43 Å². The highest BCUT2D eigenvalue weighted by Crippen LogP contribution is 2.26. The van der Waals surface area contributed by atoms with Gasteiger partial charge in [-0.25, -0.2) is 5.43 Å². The van der Waals surface area contributed by atoms with Crippen LogP contribution in [0.3, 0.4) is 0 Å². The van der Waals surface area contributed by atoms with Crippen LogP contribution in [0, 0.1) is 6.92 Å². The molecular formula is C25H21Br2N3O. The monoisotopic (exact) mass is 537 g/mol. The summed E-state index contributed by atoms with van der Waals surface area (Å²) in [4.78, 5) is 12.3. The van der Waals surface area contributed by atoms with Crippen molar-refractivity contribution in [1.82, 2.24) is 9.99 Å². The van der Waals surface area contributed by atoms with Crippen molar-refractivity contribution in [2.24, 2.45) is 5.10 Å². The number of nitrogens with one attached hydrogen (secondary N) is 1. The zero-order valence-corrected chi connectivity index (χ0v) is 20.2. The first-order valence-electron chi connectivity index (χ1n) is 9.90. The number of fused-ring (bicyclic) bond motifs is 1. The molecule has 0 aliphatic carbocycles. The maximum Gasteiger partial charge on any atom is 0.244 e. The number of aromatic nitrogens is 1. The van der Waals surface area contributed by atoms with Crippen molar-refractivity contribution < 1.29 is 4.79 Å². The van der Waals surface area contributed by atoms with Gasteiger partial charge in [-0.1, -0.05) is 74.3 Å². The zero-order valence-electron chi connectivity index (χ0n) is 17.0. The number of halogens is 2. The number of nitrogens with zero attached hydrogens (tertiary/aromatic N) is 2. The second kappa shape index (κ2) is 9.62. The van der Waals surface area contributed by atoms with E-state index in [2.05, 4.69) is 90.3 Å². The summed E-state index contributed by atoms with van der Waals surface area (Å²) in [5, 5.41) is 5.36. The van der Waals surface area contributed by atoms with Gasteiger partial charge < -0.3 is 4.57 Å². The minimum atomic E-state index is -0.144. The molecule has 0 saturated carbocycles. The second-order valence-corrected chi connectivity index (χ2v) is 9.16. The molecule has 0 atom stereocenters. The molecule has 0 aliphatic heterocycles. The van der Waals surface area contributed by atoms with E-state index in [9.17, 15) is 4.79 Å². The van der Waals surface area contributed by atoms with E-state index in [1.54, 1.807) is 6.21 Å². The summed E-state index contributed by atoms with van der Waals surface area (Å²) in [7, 11) is 0. The lowest BCUT2D eigenvalue weighted by Gasteiger charge is -2.09. The summed E-state index contributed by atoms with van der Waals surface area (Å²) in [6.07, 6.45) is 2.03. The Balaban J connectivity index is 1.54. The Hall–Kier alpha value is -2.70. The predicted octanol–water partition coefficient (Wildman–Crippen LogP) is 6.22. The van der Waals surface area contributed by atoms with Crippen molar-refractivity contribution >= 4 is 54.9 Å². The molecule has 0 radical (unpaired) electrons. The SMILES string of the molecule is Cc1c(/C=N\NC(=O)Cc2ccc(Br)cc2)c2ccccc2n1Cc1ccc(Br)cc1. The second-order valence-electron chi connectivity index (χ2n) is 7.33. The number of carbonyl (C=O) groups is 1. The average molecular weight is 539 g/mol. The quantitative estimate of drug-likeness (QED) is 0.230. The topological polar surface area (TPSA) is 46.4 Å². The van der Waals surface area contributed by atoms with Gasteiger partial charge in [-0.15, -0.1) is 0 Å². The van der Waals surface area contributed by atoms with E-state index in [1.807, 2.05) is 36.4 Å². The highest BCUT2D eigenvalue weighted by molar-refractivity contribution is 9.10. The molecule has 1 N–H and O–H groups in total. The van der Waals surface area contributed by atoms with Crippen LogP contribution in [-0.4, -0.2) is 16.7 Å². The van der Waals surface area contributed by atoms with Crippen LogP contribution in [-0.2, 0) is 17.8 Å². The number of hydrazone groups is 1. The zero-order chi connectivity index (χ0) is 21.8. The molecule has 1 heterocycles. The standard InChI is InChI=1S/C25H21Br2N3O/c1-17-23(15-28-29-25(31)14-18-6-10-20(26)11-7-18)22-4-2-3-5-24(22)30(17)16-19-8-12-21(27)13-9-19/h2-13,15H,14,16H2,1H3,(H,29,31)/b28-15-. The van der Waals surface area contributed by atoms with Gasteiger partial charge in [0.2, 0.25) is 5.91 Å². The molecule has 0 spiro atoms. The summed E-state index contributed by atoms with van der Waals surface area (Å²) in [6.45, 7) is 2.85.